The lowest BCUT2D eigenvalue weighted by molar-refractivity contribution is -0.137. The summed E-state index contributed by atoms with van der Waals surface area (Å²) in [4.78, 5) is 52.2. The molecule has 1 aromatic carbocycles. The molecule has 43 heavy (non-hydrogen) atoms. The average Bonchev–Trinajstić information content (AvgIpc) is 3.53. The number of amides is 3. The van der Waals surface area contributed by atoms with Crippen LogP contribution in [0.4, 0.5) is 24.8 Å². The van der Waals surface area contributed by atoms with Crippen molar-refractivity contribution in [2.24, 2.45) is 0 Å². The lowest BCUT2D eigenvalue weighted by Crippen LogP contribution is -2.41. The highest BCUT2D eigenvalue weighted by molar-refractivity contribution is 6.05. The van der Waals surface area contributed by atoms with E-state index in [1.807, 2.05) is 4.90 Å². The van der Waals surface area contributed by atoms with Crippen molar-refractivity contribution in [3.8, 4) is 17.0 Å². The van der Waals surface area contributed by atoms with Crippen LogP contribution in [0.15, 0.2) is 48.9 Å². The zero-order valence-electron chi connectivity index (χ0n) is 22.9. The van der Waals surface area contributed by atoms with Gasteiger partial charge in [0.25, 0.3) is 5.91 Å². The van der Waals surface area contributed by atoms with Crippen molar-refractivity contribution >= 4 is 34.9 Å². The molecular formula is C29H26F3N7O4. The minimum Gasteiger partial charge on any atom is -0.507 e. The first-order chi connectivity index (χ1) is 20.5. The number of hydrogen-bond acceptors (Lipinski definition) is 7. The molecule has 0 spiro atoms. The fraction of sp³-hybridized carbons (Fsp3) is 0.310. The van der Waals surface area contributed by atoms with Crippen LogP contribution in [0.25, 0.3) is 16.8 Å². The normalized spacial score (nSPS) is 18.5. The van der Waals surface area contributed by atoms with Crippen LogP contribution >= 0.6 is 0 Å². The van der Waals surface area contributed by atoms with Crippen molar-refractivity contribution in [3.63, 3.8) is 0 Å². The summed E-state index contributed by atoms with van der Waals surface area (Å²) in [6.45, 7) is 1.83. The average molecular weight is 594 g/mol. The van der Waals surface area contributed by atoms with E-state index in [9.17, 15) is 32.7 Å². The summed E-state index contributed by atoms with van der Waals surface area (Å²) < 4.78 is 41.0. The maximum atomic E-state index is 13.1. The molecule has 0 bridgehead atoms. The molecule has 2 aliphatic heterocycles. The number of phenols is 1. The number of anilines is 2. The Kier molecular flexibility index (Phi) is 6.98. The third-order valence-electron chi connectivity index (χ3n) is 7.80. The van der Waals surface area contributed by atoms with Crippen molar-refractivity contribution in [1.29, 1.82) is 0 Å². The first-order valence-corrected chi connectivity index (χ1v) is 13.6. The summed E-state index contributed by atoms with van der Waals surface area (Å²) in [6.07, 6.45) is 2.54. The molecule has 2 atom stereocenters. The minimum absolute atomic E-state index is 0.0322. The zero-order valence-corrected chi connectivity index (χ0v) is 22.9. The van der Waals surface area contributed by atoms with Gasteiger partial charge in [-0.05, 0) is 49.6 Å². The number of nitrogens with zero attached hydrogens (tertiary/aromatic N) is 5. The number of halogens is 3. The Balaban J connectivity index is 1.36. The van der Waals surface area contributed by atoms with Crippen LogP contribution in [-0.4, -0.2) is 59.7 Å². The Bertz CT molecular complexity index is 1770. The van der Waals surface area contributed by atoms with Gasteiger partial charge in [-0.25, -0.2) is 15.0 Å². The molecule has 0 radical (unpaired) electrons. The van der Waals surface area contributed by atoms with E-state index in [4.69, 9.17) is 4.98 Å². The van der Waals surface area contributed by atoms with Gasteiger partial charge in [0.05, 0.1) is 5.56 Å². The predicted molar refractivity (Wildman–Crippen MR) is 148 cm³/mol. The van der Waals surface area contributed by atoms with Gasteiger partial charge in [0.1, 0.15) is 28.6 Å². The van der Waals surface area contributed by atoms with Crippen molar-refractivity contribution in [2.75, 3.05) is 17.2 Å². The number of fused-ring (bicyclic) bond motifs is 2. The Morgan fingerprint density at radius 3 is 2.60 bits per heavy atom. The van der Waals surface area contributed by atoms with Crippen LogP contribution in [0, 0.1) is 0 Å². The number of phenolic OH excluding ortho intramolecular Hbond substituents is 1. The molecule has 3 N–H and O–H groups in total. The van der Waals surface area contributed by atoms with E-state index in [0.717, 1.165) is 31.5 Å². The number of benzene rings is 1. The number of nitrogens with one attached hydrogen (secondary N) is 2. The Morgan fingerprint density at radius 1 is 1.05 bits per heavy atom. The quantitative estimate of drug-likeness (QED) is 0.307. The fourth-order valence-corrected chi connectivity index (χ4v) is 5.81. The number of carbonyl (C=O) groups is 3. The molecule has 2 aliphatic rings. The second-order valence-electron chi connectivity index (χ2n) is 10.6. The van der Waals surface area contributed by atoms with Crippen LogP contribution in [0.5, 0.6) is 5.75 Å². The van der Waals surface area contributed by atoms with E-state index in [0.29, 0.717) is 36.1 Å². The monoisotopic (exact) mass is 593 g/mol. The van der Waals surface area contributed by atoms with E-state index >= 15 is 0 Å². The van der Waals surface area contributed by atoms with Gasteiger partial charge in [0, 0.05) is 61.6 Å². The summed E-state index contributed by atoms with van der Waals surface area (Å²) in [6, 6.07) is 5.75. The number of pyridine rings is 1. The van der Waals surface area contributed by atoms with Gasteiger partial charge in [-0.3, -0.25) is 18.8 Å². The van der Waals surface area contributed by atoms with E-state index in [2.05, 4.69) is 20.6 Å². The van der Waals surface area contributed by atoms with Gasteiger partial charge >= 0.3 is 6.18 Å². The van der Waals surface area contributed by atoms with Crippen molar-refractivity contribution in [3.05, 3.63) is 65.9 Å². The third kappa shape index (κ3) is 5.35. The highest BCUT2D eigenvalue weighted by atomic mass is 19.4. The zero-order chi connectivity index (χ0) is 30.5. The molecule has 11 nitrogen and oxygen atoms in total. The number of rotatable bonds is 5. The van der Waals surface area contributed by atoms with Gasteiger partial charge < -0.3 is 20.6 Å². The van der Waals surface area contributed by atoms with Crippen LogP contribution < -0.4 is 10.6 Å². The van der Waals surface area contributed by atoms with E-state index in [1.54, 1.807) is 10.6 Å². The van der Waals surface area contributed by atoms with Gasteiger partial charge in [0.15, 0.2) is 5.82 Å². The second kappa shape index (κ2) is 10.7. The van der Waals surface area contributed by atoms with Crippen LogP contribution in [0.1, 0.15) is 60.3 Å². The maximum absolute atomic E-state index is 13.1. The molecule has 6 rings (SSSR count). The summed E-state index contributed by atoms with van der Waals surface area (Å²) >= 11 is 0. The predicted octanol–water partition coefficient (Wildman–Crippen LogP) is 4.59. The highest BCUT2D eigenvalue weighted by Gasteiger charge is 2.38. The molecule has 3 aromatic heterocycles. The largest absolute Gasteiger partial charge is 0.507 e. The molecule has 14 heteroatoms. The number of alkyl halides is 3. The molecule has 222 valence electrons. The standard InChI is InChI=1S/C29H26F3N7O4/c1-15(40)35-26-25-24(37-27(38(25)11-10-34-26)17-2-4-19-5-7-23(42)39(19)14-17)20-6-3-16(12-21(20)41)28(43)36-22-13-18(8-9-33-22)29(30,31)32/h3,6,8-13,17,19,41H,2,4-5,7,14H2,1H3,(H,33,36,43)(H,34,35,40). The summed E-state index contributed by atoms with van der Waals surface area (Å²) in [5.74, 6) is -0.922. The second-order valence-corrected chi connectivity index (χ2v) is 10.6. The van der Waals surface area contributed by atoms with Crippen molar-refractivity contribution in [1.82, 2.24) is 24.3 Å². The van der Waals surface area contributed by atoms with Crippen molar-refractivity contribution in [2.45, 2.75) is 50.7 Å². The molecule has 2 fully saturated rings. The summed E-state index contributed by atoms with van der Waals surface area (Å²) in [7, 11) is 0. The molecule has 2 unspecified atom stereocenters. The summed E-state index contributed by atoms with van der Waals surface area (Å²) in [5, 5.41) is 16.1. The smallest absolute Gasteiger partial charge is 0.416 e. The number of aromatic hydroxyl groups is 1. The SMILES string of the molecule is CC(=O)Nc1nccn2c(C3CCC4CCC(=O)N4C3)nc(-c3ccc(C(=O)Nc4cc(C(F)(F)F)ccn4)cc3O)c12. The molecule has 0 aliphatic carbocycles. The van der Waals surface area contributed by atoms with Crippen LogP contribution in [0.3, 0.4) is 0 Å². The number of imidazole rings is 1. The van der Waals surface area contributed by atoms with E-state index < -0.39 is 17.6 Å². The van der Waals surface area contributed by atoms with Gasteiger partial charge in [0.2, 0.25) is 11.8 Å². The van der Waals surface area contributed by atoms with E-state index in [-0.39, 0.29) is 52.3 Å². The Labute approximate surface area is 242 Å². The van der Waals surface area contributed by atoms with Crippen LogP contribution in [-0.2, 0) is 15.8 Å². The van der Waals surface area contributed by atoms with Crippen molar-refractivity contribution < 1.29 is 32.7 Å². The number of aromatic nitrogens is 4. The summed E-state index contributed by atoms with van der Waals surface area (Å²) in [5.41, 5.74) is -0.0445. The third-order valence-corrected chi connectivity index (χ3v) is 7.80. The Hall–Kier alpha value is -5.01. The minimum atomic E-state index is -4.61. The van der Waals surface area contributed by atoms with Gasteiger partial charge in [-0.2, -0.15) is 13.2 Å². The fourth-order valence-electron chi connectivity index (χ4n) is 5.81. The maximum Gasteiger partial charge on any atom is 0.416 e. The lowest BCUT2D eigenvalue weighted by atomic mass is 9.92. The van der Waals surface area contributed by atoms with E-state index in [1.165, 1.54) is 31.3 Å². The topological polar surface area (TPSA) is 142 Å². The van der Waals surface area contributed by atoms with Gasteiger partial charge in [-0.1, -0.05) is 0 Å². The van der Waals surface area contributed by atoms with Gasteiger partial charge in [-0.15, -0.1) is 0 Å². The number of carbonyl (C=O) groups excluding carboxylic acids is 3. The number of piperidine rings is 1. The highest BCUT2D eigenvalue weighted by Crippen LogP contribution is 2.40. The molecular weight excluding hydrogens is 567 g/mol. The number of hydrogen-bond donors (Lipinski definition) is 3. The molecule has 4 aromatic rings. The van der Waals surface area contributed by atoms with Crippen LogP contribution in [0.2, 0.25) is 0 Å². The molecule has 5 heterocycles. The molecule has 2 saturated heterocycles. The Morgan fingerprint density at radius 2 is 1.86 bits per heavy atom. The lowest BCUT2D eigenvalue weighted by Gasteiger charge is -2.34. The molecule has 3 amide bonds. The first kappa shape index (κ1) is 28.1. The first-order valence-electron chi connectivity index (χ1n) is 13.6. The molecule has 0 saturated carbocycles.